The van der Waals surface area contributed by atoms with E-state index in [0.717, 1.165) is 5.56 Å². The Morgan fingerprint density at radius 2 is 1.87 bits per heavy atom. The van der Waals surface area contributed by atoms with E-state index >= 15 is 0 Å². The Labute approximate surface area is 134 Å². The van der Waals surface area contributed by atoms with Crippen LogP contribution in [0.2, 0.25) is 0 Å². The highest BCUT2D eigenvalue weighted by molar-refractivity contribution is 5.99. The van der Waals surface area contributed by atoms with Gasteiger partial charge >= 0.3 is 0 Å². The lowest BCUT2D eigenvalue weighted by Gasteiger charge is -2.13. The molecule has 0 heterocycles. The minimum Gasteiger partial charge on any atom is -0.508 e. The van der Waals surface area contributed by atoms with Crippen LogP contribution in [0.25, 0.3) is 0 Å². The van der Waals surface area contributed by atoms with Crippen molar-refractivity contribution in [2.75, 3.05) is 20.0 Å². The Hall–Kier alpha value is -2.89. The lowest BCUT2D eigenvalue weighted by Crippen LogP contribution is -2.04. The topological polar surface area (TPSA) is 102 Å². The van der Waals surface area contributed by atoms with Gasteiger partial charge in [-0.05, 0) is 30.7 Å². The van der Waals surface area contributed by atoms with E-state index in [4.69, 9.17) is 15.2 Å². The van der Waals surface area contributed by atoms with Gasteiger partial charge in [-0.2, -0.15) is 0 Å². The summed E-state index contributed by atoms with van der Waals surface area (Å²) in [5.41, 5.74) is 7.15. The summed E-state index contributed by atoms with van der Waals surface area (Å²) >= 11 is 0. The second-order valence-corrected chi connectivity index (χ2v) is 5.03. The third-order valence-corrected chi connectivity index (χ3v) is 3.51. The fourth-order valence-corrected chi connectivity index (χ4v) is 2.37. The van der Waals surface area contributed by atoms with E-state index in [1.165, 1.54) is 32.4 Å². The maximum Gasteiger partial charge on any atom is 0.167 e. The number of phenols is 2. The molecule has 0 amide bonds. The maximum absolute atomic E-state index is 12.3. The van der Waals surface area contributed by atoms with E-state index in [0.29, 0.717) is 23.6 Å². The van der Waals surface area contributed by atoms with Crippen LogP contribution in [0.4, 0.5) is 5.69 Å². The molecule has 2 rings (SSSR count). The number of benzene rings is 2. The van der Waals surface area contributed by atoms with Gasteiger partial charge in [-0.3, -0.25) is 4.79 Å². The van der Waals surface area contributed by atoms with Gasteiger partial charge in [0.1, 0.15) is 23.0 Å². The molecule has 0 radical (unpaired) electrons. The molecule has 122 valence electrons. The lowest BCUT2D eigenvalue weighted by atomic mass is 10.0. The van der Waals surface area contributed by atoms with Gasteiger partial charge in [0, 0.05) is 18.1 Å². The number of aryl methyl sites for hydroxylation is 1. The Balaban J connectivity index is 2.21. The molecule has 0 atom stereocenters. The highest BCUT2D eigenvalue weighted by Crippen LogP contribution is 2.33. The average molecular weight is 317 g/mol. The highest BCUT2D eigenvalue weighted by atomic mass is 16.5. The molecular weight excluding hydrogens is 298 g/mol. The molecule has 0 aliphatic rings. The summed E-state index contributed by atoms with van der Waals surface area (Å²) in [6, 6.07) is 7.25. The number of ether oxygens (including phenoxy) is 2. The Kier molecular flexibility index (Phi) is 4.95. The lowest BCUT2D eigenvalue weighted by molar-refractivity contribution is 0.0979. The van der Waals surface area contributed by atoms with Crippen molar-refractivity contribution in [3.63, 3.8) is 0 Å². The third-order valence-electron chi connectivity index (χ3n) is 3.51. The van der Waals surface area contributed by atoms with Gasteiger partial charge < -0.3 is 25.4 Å². The van der Waals surface area contributed by atoms with E-state index in [1.54, 1.807) is 12.1 Å². The Morgan fingerprint density at radius 1 is 1.13 bits per heavy atom. The van der Waals surface area contributed by atoms with Crippen molar-refractivity contribution < 1.29 is 24.5 Å². The molecule has 0 saturated carbocycles. The van der Waals surface area contributed by atoms with Crippen molar-refractivity contribution in [3.05, 3.63) is 41.5 Å². The molecule has 0 aliphatic heterocycles. The number of ketones is 1. The predicted molar refractivity (Wildman–Crippen MR) is 86.4 cm³/mol. The molecule has 6 heteroatoms. The molecule has 6 nitrogen and oxygen atoms in total. The van der Waals surface area contributed by atoms with Crippen molar-refractivity contribution in [3.8, 4) is 23.0 Å². The number of Topliss-reactive ketones (excluding diaryl/α,β-unsaturated/α-hetero) is 1. The molecule has 0 spiro atoms. The Morgan fingerprint density at radius 3 is 2.52 bits per heavy atom. The van der Waals surface area contributed by atoms with Crippen molar-refractivity contribution >= 4 is 11.5 Å². The normalized spacial score (nSPS) is 10.3. The van der Waals surface area contributed by atoms with Crippen LogP contribution >= 0.6 is 0 Å². The predicted octanol–water partition coefficient (Wildman–Crippen LogP) is 2.51. The molecule has 2 aromatic rings. The quantitative estimate of drug-likeness (QED) is 0.430. The zero-order valence-corrected chi connectivity index (χ0v) is 13.0. The number of methoxy groups -OCH3 is 2. The van der Waals surface area contributed by atoms with Crippen LogP contribution in [0.5, 0.6) is 23.0 Å². The smallest absolute Gasteiger partial charge is 0.167 e. The molecule has 0 bridgehead atoms. The van der Waals surface area contributed by atoms with Crippen molar-refractivity contribution in [1.82, 2.24) is 0 Å². The molecule has 2 aromatic carbocycles. The standard InChI is InChI=1S/C17H19NO5/c1-22-12-7-10(17(23-2)14(18)9-12)3-5-15(20)13-8-11(19)4-6-16(13)21/h4,6-9,19,21H,3,5,18H2,1-2H3. The number of anilines is 1. The summed E-state index contributed by atoms with van der Waals surface area (Å²) in [6.45, 7) is 0. The van der Waals surface area contributed by atoms with Crippen LogP contribution in [-0.2, 0) is 6.42 Å². The summed E-state index contributed by atoms with van der Waals surface area (Å²) in [6.07, 6.45) is 0.485. The number of aromatic hydroxyl groups is 2. The SMILES string of the molecule is COc1cc(N)c(OC)c(CCC(=O)c2cc(O)ccc2O)c1. The number of carbonyl (C=O) groups is 1. The molecule has 23 heavy (non-hydrogen) atoms. The van der Waals surface area contributed by atoms with E-state index in [-0.39, 0.29) is 29.3 Å². The fraction of sp³-hybridized carbons (Fsp3) is 0.235. The van der Waals surface area contributed by atoms with Crippen molar-refractivity contribution in [2.45, 2.75) is 12.8 Å². The summed E-state index contributed by atoms with van der Waals surface area (Å²) in [5.74, 6) is 0.547. The van der Waals surface area contributed by atoms with Gasteiger partial charge in [0.2, 0.25) is 0 Å². The maximum atomic E-state index is 12.3. The van der Waals surface area contributed by atoms with E-state index in [1.807, 2.05) is 0 Å². The second-order valence-electron chi connectivity index (χ2n) is 5.03. The zero-order chi connectivity index (χ0) is 17.0. The van der Waals surface area contributed by atoms with Gasteiger partial charge in [-0.1, -0.05) is 0 Å². The largest absolute Gasteiger partial charge is 0.508 e. The first kappa shape index (κ1) is 16.5. The highest BCUT2D eigenvalue weighted by Gasteiger charge is 2.15. The summed E-state index contributed by atoms with van der Waals surface area (Å²) in [5, 5.41) is 19.2. The second kappa shape index (κ2) is 6.91. The monoisotopic (exact) mass is 317 g/mol. The van der Waals surface area contributed by atoms with Gasteiger partial charge in [-0.15, -0.1) is 0 Å². The molecule has 0 unspecified atom stereocenters. The molecule has 4 N–H and O–H groups in total. The van der Waals surface area contributed by atoms with Gasteiger partial charge in [0.15, 0.2) is 5.78 Å². The first-order chi connectivity index (χ1) is 11.0. The third kappa shape index (κ3) is 3.66. The minimum absolute atomic E-state index is 0.0747. The fourth-order valence-electron chi connectivity index (χ4n) is 2.37. The van der Waals surface area contributed by atoms with Crippen molar-refractivity contribution in [2.24, 2.45) is 0 Å². The first-order valence-electron chi connectivity index (χ1n) is 7.01. The number of carbonyl (C=O) groups excluding carboxylic acids is 1. The summed E-state index contributed by atoms with van der Waals surface area (Å²) in [4.78, 5) is 12.3. The van der Waals surface area contributed by atoms with Crippen LogP contribution in [-0.4, -0.2) is 30.2 Å². The van der Waals surface area contributed by atoms with Crippen LogP contribution in [0.1, 0.15) is 22.3 Å². The first-order valence-corrected chi connectivity index (χ1v) is 7.01. The van der Waals surface area contributed by atoms with E-state index in [9.17, 15) is 15.0 Å². The molecular formula is C17H19NO5. The van der Waals surface area contributed by atoms with Crippen LogP contribution < -0.4 is 15.2 Å². The number of nitrogens with two attached hydrogens (primary N) is 1. The number of hydrogen-bond acceptors (Lipinski definition) is 6. The van der Waals surface area contributed by atoms with E-state index in [2.05, 4.69) is 0 Å². The van der Waals surface area contributed by atoms with Crippen molar-refractivity contribution in [1.29, 1.82) is 0 Å². The molecule has 0 aromatic heterocycles. The number of nitrogen functional groups attached to an aromatic ring is 1. The van der Waals surface area contributed by atoms with Gasteiger partial charge in [-0.25, -0.2) is 0 Å². The van der Waals surface area contributed by atoms with Crippen LogP contribution in [0.15, 0.2) is 30.3 Å². The Bertz CT molecular complexity index is 727. The number of hydrogen-bond donors (Lipinski definition) is 3. The molecule has 0 aliphatic carbocycles. The van der Waals surface area contributed by atoms with Crippen LogP contribution in [0, 0.1) is 0 Å². The minimum atomic E-state index is -0.290. The zero-order valence-electron chi connectivity index (χ0n) is 13.0. The summed E-state index contributed by atoms with van der Waals surface area (Å²) < 4.78 is 10.4. The van der Waals surface area contributed by atoms with Gasteiger partial charge in [0.05, 0.1) is 25.5 Å². The van der Waals surface area contributed by atoms with E-state index < -0.39 is 0 Å². The van der Waals surface area contributed by atoms with Crippen LogP contribution in [0.3, 0.4) is 0 Å². The van der Waals surface area contributed by atoms with Gasteiger partial charge in [0.25, 0.3) is 0 Å². The number of rotatable bonds is 6. The number of phenolic OH excluding ortho intramolecular Hbond substituents is 2. The molecule has 0 fully saturated rings. The summed E-state index contributed by atoms with van der Waals surface area (Å²) in [7, 11) is 3.03. The average Bonchev–Trinajstić information content (AvgIpc) is 2.54. The molecule has 0 saturated heterocycles.